The lowest BCUT2D eigenvalue weighted by atomic mass is 9.96. The van der Waals surface area contributed by atoms with Gasteiger partial charge in [-0.1, -0.05) is 12.1 Å². The van der Waals surface area contributed by atoms with Crippen molar-refractivity contribution in [2.75, 3.05) is 0 Å². The summed E-state index contributed by atoms with van der Waals surface area (Å²) in [6.07, 6.45) is 4.10. The number of benzene rings is 2. The van der Waals surface area contributed by atoms with Crippen LogP contribution in [0.15, 0.2) is 46.9 Å². The van der Waals surface area contributed by atoms with Gasteiger partial charge in [-0.25, -0.2) is 0 Å². The molecule has 1 aliphatic carbocycles. The first-order valence-corrected chi connectivity index (χ1v) is 10.1. The maximum Gasteiger partial charge on any atom is 0.313 e. The van der Waals surface area contributed by atoms with Crippen LogP contribution in [0, 0.1) is 11.3 Å². The SMILES string of the molecule is N#Cc1cccc(CS(=O)(=O)Oc2ccc3oc4c(c3c2)CCCC4)c1. The zero-order valence-corrected chi connectivity index (χ0v) is 14.9. The molecule has 2 aromatic carbocycles. The van der Waals surface area contributed by atoms with Crippen molar-refractivity contribution < 1.29 is 17.0 Å². The van der Waals surface area contributed by atoms with E-state index < -0.39 is 10.1 Å². The van der Waals surface area contributed by atoms with Gasteiger partial charge in [-0.15, -0.1) is 0 Å². The van der Waals surface area contributed by atoms with Crippen molar-refractivity contribution in [2.45, 2.75) is 31.4 Å². The van der Waals surface area contributed by atoms with Gasteiger partial charge in [-0.2, -0.15) is 13.7 Å². The maximum atomic E-state index is 12.4. The maximum absolute atomic E-state index is 12.4. The summed E-state index contributed by atoms with van der Waals surface area (Å²) in [7, 11) is -3.83. The van der Waals surface area contributed by atoms with Crippen LogP contribution < -0.4 is 4.18 Å². The number of nitriles is 1. The minimum Gasteiger partial charge on any atom is -0.461 e. The molecule has 26 heavy (non-hydrogen) atoms. The number of fused-ring (bicyclic) bond motifs is 3. The van der Waals surface area contributed by atoms with E-state index in [0.29, 0.717) is 11.1 Å². The van der Waals surface area contributed by atoms with E-state index in [4.69, 9.17) is 13.9 Å². The number of hydrogen-bond donors (Lipinski definition) is 0. The van der Waals surface area contributed by atoms with Gasteiger partial charge in [0.05, 0.1) is 11.6 Å². The first-order valence-electron chi connectivity index (χ1n) is 8.49. The molecule has 4 rings (SSSR count). The van der Waals surface area contributed by atoms with Gasteiger partial charge < -0.3 is 8.60 Å². The lowest BCUT2D eigenvalue weighted by Crippen LogP contribution is -2.12. The van der Waals surface area contributed by atoms with Gasteiger partial charge in [0.1, 0.15) is 22.8 Å². The van der Waals surface area contributed by atoms with Crippen LogP contribution in [0.2, 0.25) is 0 Å². The Morgan fingerprint density at radius 1 is 1.12 bits per heavy atom. The third-order valence-electron chi connectivity index (χ3n) is 4.55. The summed E-state index contributed by atoms with van der Waals surface area (Å²) in [6.45, 7) is 0. The van der Waals surface area contributed by atoms with Crippen molar-refractivity contribution in [2.24, 2.45) is 0 Å². The van der Waals surface area contributed by atoms with Gasteiger partial charge in [-0.3, -0.25) is 0 Å². The fraction of sp³-hybridized carbons (Fsp3) is 0.250. The number of aryl methyl sites for hydroxylation is 2. The number of hydrogen-bond acceptors (Lipinski definition) is 5. The Bertz CT molecular complexity index is 1120. The molecule has 0 N–H and O–H groups in total. The molecule has 6 heteroatoms. The van der Waals surface area contributed by atoms with Crippen molar-refractivity contribution in [3.8, 4) is 11.8 Å². The summed E-state index contributed by atoms with van der Waals surface area (Å²) in [6, 6.07) is 13.6. The third-order valence-corrected chi connectivity index (χ3v) is 5.68. The molecule has 1 heterocycles. The lowest BCUT2D eigenvalue weighted by Gasteiger charge is -2.09. The highest BCUT2D eigenvalue weighted by Crippen LogP contribution is 2.34. The monoisotopic (exact) mass is 367 g/mol. The van der Waals surface area contributed by atoms with E-state index in [2.05, 4.69) is 0 Å². The van der Waals surface area contributed by atoms with E-state index in [-0.39, 0.29) is 11.5 Å². The van der Waals surface area contributed by atoms with Gasteiger partial charge in [0.15, 0.2) is 0 Å². The van der Waals surface area contributed by atoms with E-state index >= 15 is 0 Å². The highest BCUT2D eigenvalue weighted by Gasteiger charge is 2.20. The molecule has 3 aromatic rings. The van der Waals surface area contributed by atoms with E-state index in [1.165, 1.54) is 0 Å². The molecule has 0 atom stereocenters. The van der Waals surface area contributed by atoms with E-state index in [1.807, 2.05) is 6.07 Å². The van der Waals surface area contributed by atoms with Gasteiger partial charge in [0.2, 0.25) is 0 Å². The average Bonchev–Trinajstić information content (AvgIpc) is 2.99. The van der Waals surface area contributed by atoms with Crippen LogP contribution in [0.3, 0.4) is 0 Å². The van der Waals surface area contributed by atoms with Crippen molar-refractivity contribution in [3.05, 3.63) is 64.9 Å². The standard InChI is InChI=1S/C20H17NO4S/c21-12-14-4-3-5-15(10-14)13-26(22,23)25-16-8-9-20-18(11-16)17-6-1-2-7-19(17)24-20/h3-5,8-11H,1-2,6-7,13H2. The molecule has 0 saturated heterocycles. The van der Waals surface area contributed by atoms with Gasteiger partial charge in [-0.05, 0) is 55.2 Å². The molecule has 0 unspecified atom stereocenters. The van der Waals surface area contributed by atoms with Crippen LogP contribution in [0.25, 0.3) is 11.0 Å². The molecule has 0 saturated carbocycles. The Hall–Kier alpha value is -2.78. The van der Waals surface area contributed by atoms with E-state index in [1.54, 1.807) is 42.5 Å². The lowest BCUT2D eigenvalue weighted by molar-refractivity contribution is 0.485. The molecule has 0 fully saturated rings. The Labute approximate surface area is 151 Å². The smallest absolute Gasteiger partial charge is 0.313 e. The minimum absolute atomic E-state index is 0.281. The molecule has 0 radical (unpaired) electrons. The fourth-order valence-corrected chi connectivity index (χ4v) is 4.45. The third kappa shape index (κ3) is 3.31. The second-order valence-electron chi connectivity index (χ2n) is 6.47. The van der Waals surface area contributed by atoms with Crippen LogP contribution in [-0.4, -0.2) is 8.42 Å². The average molecular weight is 367 g/mol. The molecule has 0 aliphatic heterocycles. The van der Waals surface area contributed by atoms with E-state index in [0.717, 1.165) is 48.0 Å². The molecule has 0 bridgehead atoms. The molecule has 0 spiro atoms. The highest BCUT2D eigenvalue weighted by molar-refractivity contribution is 7.86. The Morgan fingerprint density at radius 2 is 1.96 bits per heavy atom. The number of nitrogens with zero attached hydrogens (tertiary/aromatic N) is 1. The molecule has 1 aromatic heterocycles. The summed E-state index contributed by atoms with van der Waals surface area (Å²) in [5.41, 5.74) is 2.87. The normalized spacial score (nSPS) is 14.0. The molecular formula is C20H17NO4S. The highest BCUT2D eigenvalue weighted by atomic mass is 32.2. The van der Waals surface area contributed by atoms with Crippen LogP contribution in [-0.2, 0) is 28.7 Å². The summed E-state index contributed by atoms with van der Waals surface area (Å²) in [4.78, 5) is 0. The summed E-state index contributed by atoms with van der Waals surface area (Å²) in [5.74, 6) is 0.993. The van der Waals surface area contributed by atoms with Crippen molar-refractivity contribution in [3.63, 3.8) is 0 Å². The molecule has 132 valence electrons. The first-order chi connectivity index (χ1) is 12.5. The quantitative estimate of drug-likeness (QED) is 0.649. The Morgan fingerprint density at radius 3 is 2.81 bits per heavy atom. The van der Waals surface area contributed by atoms with Crippen molar-refractivity contribution in [1.82, 2.24) is 0 Å². The van der Waals surface area contributed by atoms with Crippen LogP contribution in [0.1, 0.15) is 35.3 Å². The first kappa shape index (κ1) is 16.7. The Balaban J connectivity index is 1.60. The molecule has 0 amide bonds. The topological polar surface area (TPSA) is 80.3 Å². The number of rotatable bonds is 4. The largest absolute Gasteiger partial charge is 0.461 e. The zero-order chi connectivity index (χ0) is 18.1. The van der Waals surface area contributed by atoms with Crippen LogP contribution in [0.4, 0.5) is 0 Å². The molecular weight excluding hydrogens is 350 g/mol. The van der Waals surface area contributed by atoms with Gasteiger partial charge in [0, 0.05) is 17.4 Å². The predicted octanol–water partition coefficient (Wildman–Crippen LogP) is 4.09. The van der Waals surface area contributed by atoms with Gasteiger partial charge in [0.25, 0.3) is 0 Å². The molecule has 1 aliphatic rings. The minimum atomic E-state index is -3.83. The molecule has 5 nitrogen and oxygen atoms in total. The summed E-state index contributed by atoms with van der Waals surface area (Å²) >= 11 is 0. The van der Waals surface area contributed by atoms with Crippen molar-refractivity contribution >= 4 is 21.1 Å². The van der Waals surface area contributed by atoms with Crippen molar-refractivity contribution in [1.29, 1.82) is 5.26 Å². The van der Waals surface area contributed by atoms with Gasteiger partial charge >= 0.3 is 10.1 Å². The second kappa shape index (κ2) is 6.50. The number of furan rings is 1. The van der Waals surface area contributed by atoms with E-state index in [9.17, 15) is 8.42 Å². The Kier molecular flexibility index (Phi) is 4.17. The summed E-state index contributed by atoms with van der Waals surface area (Å²) < 4.78 is 36.0. The van der Waals surface area contributed by atoms with Crippen LogP contribution >= 0.6 is 0 Å². The van der Waals surface area contributed by atoms with Crippen LogP contribution in [0.5, 0.6) is 5.75 Å². The predicted molar refractivity (Wildman–Crippen MR) is 97.3 cm³/mol. The second-order valence-corrected chi connectivity index (χ2v) is 8.04. The summed E-state index contributed by atoms with van der Waals surface area (Å²) in [5, 5.41) is 9.86. The fourth-order valence-electron chi connectivity index (χ4n) is 3.40. The zero-order valence-electron chi connectivity index (χ0n) is 14.1.